The molecule has 1 unspecified atom stereocenters. The molecule has 0 aliphatic heterocycles. The molecule has 0 bridgehead atoms. The van der Waals surface area contributed by atoms with Gasteiger partial charge in [-0.05, 0) is 12.5 Å². The van der Waals surface area contributed by atoms with Gasteiger partial charge in [0, 0.05) is 24.7 Å². The maximum Gasteiger partial charge on any atom is 0.127 e. The summed E-state index contributed by atoms with van der Waals surface area (Å²) >= 11 is 0. The molecule has 0 radical (unpaired) electrons. The summed E-state index contributed by atoms with van der Waals surface area (Å²) in [6.07, 6.45) is 0.935. The van der Waals surface area contributed by atoms with E-state index in [2.05, 4.69) is 5.32 Å². The highest BCUT2D eigenvalue weighted by Gasteiger charge is 2.01. The fraction of sp³-hybridized carbons (Fsp3) is 0.455. The first-order valence-corrected chi connectivity index (χ1v) is 4.93. The molecule has 0 aromatic heterocycles. The number of rotatable bonds is 5. The van der Waals surface area contributed by atoms with Gasteiger partial charge in [-0.15, -0.1) is 0 Å². The SMILES string of the molecule is CCC(N)CNCc1ccccc1F. The minimum atomic E-state index is -0.162. The minimum Gasteiger partial charge on any atom is -0.327 e. The van der Waals surface area contributed by atoms with Gasteiger partial charge in [-0.25, -0.2) is 4.39 Å². The fourth-order valence-electron chi connectivity index (χ4n) is 1.18. The molecule has 2 nitrogen and oxygen atoms in total. The van der Waals surface area contributed by atoms with Crippen LogP contribution in [-0.4, -0.2) is 12.6 Å². The maximum atomic E-state index is 13.1. The van der Waals surface area contributed by atoms with E-state index in [0.29, 0.717) is 12.1 Å². The predicted octanol–water partition coefficient (Wildman–Crippen LogP) is 1.65. The van der Waals surface area contributed by atoms with E-state index >= 15 is 0 Å². The van der Waals surface area contributed by atoms with Crippen molar-refractivity contribution in [2.24, 2.45) is 5.73 Å². The zero-order valence-corrected chi connectivity index (χ0v) is 8.46. The normalized spacial score (nSPS) is 12.8. The van der Waals surface area contributed by atoms with Gasteiger partial charge in [0.2, 0.25) is 0 Å². The van der Waals surface area contributed by atoms with Crippen LogP contribution in [0.1, 0.15) is 18.9 Å². The van der Waals surface area contributed by atoms with Crippen molar-refractivity contribution >= 4 is 0 Å². The molecule has 0 fully saturated rings. The van der Waals surface area contributed by atoms with Crippen molar-refractivity contribution in [1.82, 2.24) is 5.32 Å². The van der Waals surface area contributed by atoms with Crippen molar-refractivity contribution in [1.29, 1.82) is 0 Å². The first kappa shape index (κ1) is 11.1. The van der Waals surface area contributed by atoms with Crippen LogP contribution in [0.25, 0.3) is 0 Å². The zero-order chi connectivity index (χ0) is 10.4. The van der Waals surface area contributed by atoms with Crippen LogP contribution in [0.15, 0.2) is 24.3 Å². The van der Waals surface area contributed by atoms with Gasteiger partial charge in [0.1, 0.15) is 5.82 Å². The van der Waals surface area contributed by atoms with Gasteiger partial charge in [0.05, 0.1) is 0 Å². The largest absolute Gasteiger partial charge is 0.327 e. The molecule has 1 rings (SSSR count). The molecule has 1 atom stereocenters. The third-order valence-electron chi connectivity index (χ3n) is 2.20. The van der Waals surface area contributed by atoms with Crippen LogP contribution in [0.5, 0.6) is 0 Å². The number of nitrogens with two attached hydrogens (primary N) is 1. The van der Waals surface area contributed by atoms with E-state index < -0.39 is 0 Å². The van der Waals surface area contributed by atoms with Gasteiger partial charge in [0.15, 0.2) is 0 Å². The molecule has 3 N–H and O–H groups in total. The molecule has 14 heavy (non-hydrogen) atoms. The fourth-order valence-corrected chi connectivity index (χ4v) is 1.18. The first-order chi connectivity index (χ1) is 6.74. The number of hydrogen-bond acceptors (Lipinski definition) is 2. The van der Waals surface area contributed by atoms with E-state index in [9.17, 15) is 4.39 Å². The highest BCUT2D eigenvalue weighted by atomic mass is 19.1. The van der Waals surface area contributed by atoms with Crippen molar-refractivity contribution in [2.75, 3.05) is 6.54 Å². The lowest BCUT2D eigenvalue weighted by Gasteiger charge is -2.10. The minimum absolute atomic E-state index is 0.154. The lowest BCUT2D eigenvalue weighted by molar-refractivity contribution is 0.544. The van der Waals surface area contributed by atoms with E-state index in [1.165, 1.54) is 6.07 Å². The van der Waals surface area contributed by atoms with Crippen LogP contribution < -0.4 is 11.1 Å². The standard InChI is InChI=1S/C11H17FN2/c1-2-10(13)8-14-7-9-5-3-4-6-11(9)12/h3-6,10,14H,2,7-8,13H2,1H3. The zero-order valence-electron chi connectivity index (χ0n) is 8.46. The lowest BCUT2D eigenvalue weighted by atomic mass is 10.2. The maximum absolute atomic E-state index is 13.1. The van der Waals surface area contributed by atoms with E-state index in [-0.39, 0.29) is 11.9 Å². The molecule has 0 saturated carbocycles. The Bertz CT molecular complexity index is 276. The second kappa shape index (κ2) is 5.73. The Hall–Kier alpha value is -0.930. The highest BCUT2D eigenvalue weighted by Crippen LogP contribution is 2.05. The molecule has 0 heterocycles. The molecule has 0 aliphatic carbocycles. The van der Waals surface area contributed by atoms with E-state index in [4.69, 9.17) is 5.73 Å². The summed E-state index contributed by atoms with van der Waals surface area (Å²) in [4.78, 5) is 0. The van der Waals surface area contributed by atoms with Crippen LogP contribution in [0, 0.1) is 5.82 Å². The van der Waals surface area contributed by atoms with E-state index in [1.54, 1.807) is 12.1 Å². The third-order valence-corrected chi connectivity index (χ3v) is 2.20. The number of halogens is 1. The van der Waals surface area contributed by atoms with Crippen molar-refractivity contribution in [2.45, 2.75) is 25.9 Å². The molecule has 3 heteroatoms. The Morgan fingerprint density at radius 2 is 2.14 bits per heavy atom. The summed E-state index contributed by atoms with van der Waals surface area (Å²) in [5.41, 5.74) is 6.41. The Morgan fingerprint density at radius 1 is 1.43 bits per heavy atom. The summed E-state index contributed by atoms with van der Waals surface area (Å²) in [6, 6.07) is 6.93. The summed E-state index contributed by atoms with van der Waals surface area (Å²) in [5.74, 6) is -0.162. The van der Waals surface area contributed by atoms with Gasteiger partial charge in [0.25, 0.3) is 0 Å². The molecule has 78 valence electrons. The Labute approximate surface area is 84.3 Å². The summed E-state index contributed by atoms with van der Waals surface area (Å²) < 4.78 is 13.1. The number of hydrogen-bond donors (Lipinski definition) is 2. The monoisotopic (exact) mass is 196 g/mol. The van der Waals surface area contributed by atoms with Crippen LogP contribution in [0.3, 0.4) is 0 Å². The van der Waals surface area contributed by atoms with Gasteiger partial charge in [-0.1, -0.05) is 25.1 Å². The Balaban J connectivity index is 2.35. The molecule has 0 spiro atoms. The molecule has 1 aromatic carbocycles. The summed E-state index contributed by atoms with van der Waals surface area (Å²) in [7, 11) is 0. The third kappa shape index (κ3) is 3.44. The average molecular weight is 196 g/mol. The molecule has 0 aliphatic rings. The van der Waals surface area contributed by atoms with Crippen molar-refractivity contribution < 1.29 is 4.39 Å². The van der Waals surface area contributed by atoms with Crippen LogP contribution in [-0.2, 0) is 6.54 Å². The van der Waals surface area contributed by atoms with Crippen molar-refractivity contribution in [3.8, 4) is 0 Å². The average Bonchev–Trinajstić information content (AvgIpc) is 2.20. The second-order valence-electron chi connectivity index (χ2n) is 3.39. The highest BCUT2D eigenvalue weighted by molar-refractivity contribution is 5.16. The Morgan fingerprint density at radius 3 is 2.79 bits per heavy atom. The quantitative estimate of drug-likeness (QED) is 0.751. The van der Waals surface area contributed by atoms with Crippen LogP contribution >= 0.6 is 0 Å². The smallest absolute Gasteiger partial charge is 0.127 e. The lowest BCUT2D eigenvalue weighted by Crippen LogP contribution is -2.32. The summed E-state index contributed by atoms with van der Waals surface area (Å²) in [5, 5.41) is 3.13. The van der Waals surface area contributed by atoms with E-state index in [1.807, 2.05) is 13.0 Å². The molecular weight excluding hydrogens is 179 g/mol. The van der Waals surface area contributed by atoms with Gasteiger partial charge < -0.3 is 11.1 Å². The number of benzene rings is 1. The van der Waals surface area contributed by atoms with Gasteiger partial charge in [-0.2, -0.15) is 0 Å². The molecule has 1 aromatic rings. The second-order valence-corrected chi connectivity index (χ2v) is 3.39. The van der Waals surface area contributed by atoms with Crippen molar-refractivity contribution in [3.63, 3.8) is 0 Å². The van der Waals surface area contributed by atoms with Crippen LogP contribution in [0.4, 0.5) is 4.39 Å². The number of nitrogens with one attached hydrogen (secondary N) is 1. The molecular formula is C11H17FN2. The first-order valence-electron chi connectivity index (χ1n) is 4.93. The van der Waals surface area contributed by atoms with E-state index in [0.717, 1.165) is 13.0 Å². The van der Waals surface area contributed by atoms with Gasteiger partial charge in [-0.3, -0.25) is 0 Å². The Kier molecular flexibility index (Phi) is 4.56. The molecule has 0 saturated heterocycles. The summed E-state index contributed by atoms with van der Waals surface area (Å²) in [6.45, 7) is 3.31. The topological polar surface area (TPSA) is 38.0 Å². The van der Waals surface area contributed by atoms with Crippen LogP contribution in [0.2, 0.25) is 0 Å². The van der Waals surface area contributed by atoms with Gasteiger partial charge >= 0.3 is 0 Å². The molecule has 0 amide bonds. The predicted molar refractivity (Wildman–Crippen MR) is 56.4 cm³/mol. The van der Waals surface area contributed by atoms with Crippen molar-refractivity contribution in [3.05, 3.63) is 35.6 Å².